The summed E-state index contributed by atoms with van der Waals surface area (Å²) in [6.45, 7) is 5.94. The minimum Gasteiger partial charge on any atom is -0.507 e. The highest BCUT2D eigenvalue weighted by atomic mass is 16.5. The molecule has 0 amide bonds. The van der Waals surface area contributed by atoms with Gasteiger partial charge in [-0.05, 0) is 17.0 Å². The average Bonchev–Trinajstić information content (AvgIpc) is 2.15. The van der Waals surface area contributed by atoms with Gasteiger partial charge in [-0.2, -0.15) is 0 Å². The van der Waals surface area contributed by atoms with Crippen LogP contribution in [0.25, 0.3) is 0 Å². The van der Waals surface area contributed by atoms with Crippen molar-refractivity contribution in [3.63, 3.8) is 0 Å². The first-order chi connectivity index (χ1) is 6.90. The molecule has 0 fully saturated rings. The van der Waals surface area contributed by atoms with Crippen LogP contribution in [0.4, 0.5) is 0 Å². The van der Waals surface area contributed by atoms with E-state index in [0.717, 1.165) is 5.56 Å². The second-order valence-electron chi connectivity index (χ2n) is 4.48. The van der Waals surface area contributed by atoms with Crippen molar-refractivity contribution >= 4 is 6.29 Å². The number of phenolic OH excluding ortho intramolecular Hbond substituents is 1. The van der Waals surface area contributed by atoms with Gasteiger partial charge in [-0.1, -0.05) is 20.8 Å². The van der Waals surface area contributed by atoms with Gasteiger partial charge in [0.15, 0.2) is 6.29 Å². The molecular formula is C12H16O3. The van der Waals surface area contributed by atoms with Crippen LogP contribution in [0.2, 0.25) is 0 Å². The number of hydrogen-bond acceptors (Lipinski definition) is 3. The summed E-state index contributed by atoms with van der Waals surface area (Å²) in [6.07, 6.45) is 0.676. The van der Waals surface area contributed by atoms with Gasteiger partial charge >= 0.3 is 0 Å². The number of rotatable bonds is 2. The van der Waals surface area contributed by atoms with Gasteiger partial charge in [0.1, 0.15) is 11.5 Å². The van der Waals surface area contributed by atoms with Crippen LogP contribution in [0.5, 0.6) is 11.5 Å². The molecule has 0 radical (unpaired) electrons. The van der Waals surface area contributed by atoms with Crippen molar-refractivity contribution in [2.75, 3.05) is 7.11 Å². The zero-order valence-electron chi connectivity index (χ0n) is 9.50. The summed E-state index contributed by atoms with van der Waals surface area (Å²) in [5.41, 5.74) is 0.917. The Hall–Kier alpha value is -1.51. The molecule has 0 unspecified atom stereocenters. The fourth-order valence-electron chi connectivity index (χ4n) is 1.47. The van der Waals surface area contributed by atoms with Gasteiger partial charge in [0, 0.05) is 6.07 Å². The molecule has 0 heterocycles. The van der Waals surface area contributed by atoms with Crippen molar-refractivity contribution in [2.24, 2.45) is 0 Å². The Kier molecular flexibility index (Phi) is 3.03. The molecule has 1 aromatic rings. The predicted molar refractivity (Wildman–Crippen MR) is 58.7 cm³/mol. The second-order valence-corrected chi connectivity index (χ2v) is 4.48. The molecule has 15 heavy (non-hydrogen) atoms. The average molecular weight is 208 g/mol. The molecule has 82 valence electrons. The largest absolute Gasteiger partial charge is 0.507 e. The van der Waals surface area contributed by atoms with E-state index in [1.807, 2.05) is 20.8 Å². The maximum atomic E-state index is 10.9. The third kappa shape index (κ3) is 2.29. The van der Waals surface area contributed by atoms with Crippen molar-refractivity contribution in [3.05, 3.63) is 23.3 Å². The molecule has 0 aliphatic heterocycles. The highest BCUT2D eigenvalue weighted by molar-refractivity contribution is 5.82. The van der Waals surface area contributed by atoms with Gasteiger partial charge in [0.25, 0.3) is 0 Å². The Morgan fingerprint density at radius 1 is 1.33 bits per heavy atom. The number of phenols is 1. The number of carbonyl (C=O) groups is 1. The van der Waals surface area contributed by atoms with E-state index in [4.69, 9.17) is 4.74 Å². The zero-order chi connectivity index (χ0) is 11.6. The van der Waals surface area contributed by atoms with Gasteiger partial charge in [0.2, 0.25) is 0 Å². The summed E-state index contributed by atoms with van der Waals surface area (Å²) in [6, 6.07) is 3.22. The van der Waals surface area contributed by atoms with Crippen LogP contribution < -0.4 is 4.74 Å². The molecule has 0 bridgehead atoms. The minimum atomic E-state index is -0.206. The lowest BCUT2D eigenvalue weighted by molar-refractivity contribution is 0.111. The summed E-state index contributed by atoms with van der Waals surface area (Å²) < 4.78 is 5.05. The van der Waals surface area contributed by atoms with Crippen LogP contribution in [-0.2, 0) is 5.41 Å². The Bertz CT molecular complexity index is 375. The summed E-state index contributed by atoms with van der Waals surface area (Å²) in [5.74, 6) is 0.525. The Balaban J connectivity index is 3.46. The van der Waals surface area contributed by atoms with Gasteiger partial charge in [-0.25, -0.2) is 0 Å². The molecule has 1 N–H and O–H groups in total. The molecule has 0 atom stereocenters. The van der Waals surface area contributed by atoms with Gasteiger partial charge < -0.3 is 9.84 Å². The van der Waals surface area contributed by atoms with E-state index in [1.165, 1.54) is 13.2 Å². The molecule has 1 rings (SSSR count). The van der Waals surface area contributed by atoms with Crippen LogP contribution in [-0.4, -0.2) is 18.5 Å². The number of aromatic hydroxyl groups is 1. The second kappa shape index (κ2) is 3.93. The monoisotopic (exact) mass is 208 g/mol. The summed E-state index contributed by atoms with van der Waals surface area (Å²) in [5, 5.41) is 9.66. The lowest BCUT2D eigenvalue weighted by atomic mass is 9.83. The normalized spacial score (nSPS) is 11.2. The molecule has 0 saturated carbocycles. The Labute approximate surface area is 89.7 Å². The maximum Gasteiger partial charge on any atom is 0.154 e. The first kappa shape index (κ1) is 11.6. The van der Waals surface area contributed by atoms with Gasteiger partial charge in [0.05, 0.1) is 12.7 Å². The number of benzene rings is 1. The number of aldehydes is 1. The predicted octanol–water partition coefficient (Wildman–Crippen LogP) is 2.51. The van der Waals surface area contributed by atoms with E-state index >= 15 is 0 Å². The van der Waals surface area contributed by atoms with Crippen molar-refractivity contribution in [1.29, 1.82) is 0 Å². The van der Waals surface area contributed by atoms with Crippen molar-refractivity contribution in [1.82, 2.24) is 0 Å². The zero-order valence-corrected chi connectivity index (χ0v) is 9.50. The van der Waals surface area contributed by atoms with Crippen molar-refractivity contribution in [2.45, 2.75) is 26.2 Å². The first-order valence-electron chi connectivity index (χ1n) is 4.77. The third-order valence-corrected chi connectivity index (χ3v) is 2.29. The number of hydrogen-bond donors (Lipinski definition) is 1. The van der Waals surface area contributed by atoms with E-state index in [0.29, 0.717) is 17.6 Å². The summed E-state index contributed by atoms with van der Waals surface area (Å²) in [7, 11) is 1.53. The quantitative estimate of drug-likeness (QED) is 0.759. The maximum absolute atomic E-state index is 10.9. The number of methoxy groups -OCH3 is 1. The SMILES string of the molecule is COc1cc(O)c(C=O)c(C(C)(C)C)c1. The van der Waals surface area contributed by atoms with E-state index < -0.39 is 0 Å². The first-order valence-corrected chi connectivity index (χ1v) is 4.77. The lowest BCUT2D eigenvalue weighted by Crippen LogP contribution is -2.14. The molecule has 3 nitrogen and oxygen atoms in total. The Morgan fingerprint density at radius 2 is 1.93 bits per heavy atom. The van der Waals surface area contributed by atoms with Gasteiger partial charge in [-0.15, -0.1) is 0 Å². The van der Waals surface area contributed by atoms with Crippen molar-refractivity contribution in [3.8, 4) is 11.5 Å². The molecule has 0 aromatic heterocycles. The third-order valence-electron chi connectivity index (χ3n) is 2.29. The van der Waals surface area contributed by atoms with Crippen LogP contribution in [0, 0.1) is 0 Å². The van der Waals surface area contributed by atoms with E-state index in [2.05, 4.69) is 0 Å². The molecule has 1 aromatic carbocycles. The highest BCUT2D eigenvalue weighted by Crippen LogP contribution is 2.34. The standard InChI is InChI=1S/C12H16O3/c1-12(2,3)10-5-8(15-4)6-11(14)9(10)7-13/h5-7,14H,1-4H3. The molecular weight excluding hydrogens is 192 g/mol. The molecule has 0 aliphatic carbocycles. The number of ether oxygens (including phenoxy) is 1. The van der Waals surface area contributed by atoms with E-state index in [9.17, 15) is 9.90 Å². The van der Waals surface area contributed by atoms with Crippen LogP contribution in [0.3, 0.4) is 0 Å². The van der Waals surface area contributed by atoms with Crippen LogP contribution in [0.15, 0.2) is 12.1 Å². The van der Waals surface area contributed by atoms with E-state index in [1.54, 1.807) is 6.07 Å². The molecule has 0 aliphatic rings. The Morgan fingerprint density at radius 3 is 2.33 bits per heavy atom. The summed E-state index contributed by atoms with van der Waals surface area (Å²) in [4.78, 5) is 10.9. The number of carbonyl (C=O) groups excluding carboxylic acids is 1. The van der Waals surface area contributed by atoms with Gasteiger partial charge in [-0.3, -0.25) is 4.79 Å². The minimum absolute atomic E-state index is 0.0331. The topological polar surface area (TPSA) is 46.5 Å². The fourth-order valence-corrected chi connectivity index (χ4v) is 1.47. The summed E-state index contributed by atoms with van der Waals surface area (Å²) >= 11 is 0. The van der Waals surface area contributed by atoms with Crippen LogP contribution in [0.1, 0.15) is 36.7 Å². The smallest absolute Gasteiger partial charge is 0.154 e. The molecule has 3 heteroatoms. The van der Waals surface area contributed by atoms with Crippen LogP contribution >= 0.6 is 0 Å². The highest BCUT2D eigenvalue weighted by Gasteiger charge is 2.21. The molecule has 0 saturated heterocycles. The van der Waals surface area contributed by atoms with E-state index in [-0.39, 0.29) is 11.2 Å². The lowest BCUT2D eigenvalue weighted by Gasteiger charge is -2.22. The van der Waals surface area contributed by atoms with Crippen molar-refractivity contribution < 1.29 is 14.6 Å². The molecule has 0 spiro atoms. The fraction of sp³-hybridized carbons (Fsp3) is 0.417.